The number of rotatable bonds is 3. The van der Waals surface area contributed by atoms with Gasteiger partial charge in [0.05, 0.1) is 0 Å². The van der Waals surface area contributed by atoms with E-state index in [1.807, 2.05) is 13.0 Å². The van der Waals surface area contributed by atoms with Gasteiger partial charge in [0.1, 0.15) is 5.82 Å². The zero-order valence-corrected chi connectivity index (χ0v) is 12.8. The van der Waals surface area contributed by atoms with Crippen LogP contribution in [0.25, 0.3) is 0 Å². The first-order valence-corrected chi connectivity index (χ1v) is 6.76. The number of aryl methyl sites for hydroxylation is 1. The van der Waals surface area contributed by atoms with Crippen LogP contribution in [0.4, 0.5) is 30.6 Å². The van der Waals surface area contributed by atoms with Crippen LogP contribution in [0.5, 0.6) is 0 Å². The molecule has 0 saturated heterocycles. The summed E-state index contributed by atoms with van der Waals surface area (Å²) in [4.78, 5) is 7.39. The van der Waals surface area contributed by atoms with Gasteiger partial charge in [-0.15, -0.1) is 0 Å². The standard InChI is InChI=1S/C13H12BrF3N4/c1-7-5-8(14)3-4-9(7)19-11-6-10(13(15,16)17)20-12(18-2)21-11/h3-6H,1-2H3,(H2,18,19,20,21). The monoisotopic (exact) mass is 360 g/mol. The van der Waals surface area contributed by atoms with E-state index in [0.717, 1.165) is 16.1 Å². The average molecular weight is 361 g/mol. The molecular formula is C13H12BrF3N4. The number of nitrogens with zero attached hydrogens (tertiary/aromatic N) is 2. The molecule has 0 fully saturated rings. The second kappa shape index (κ2) is 5.88. The van der Waals surface area contributed by atoms with Crippen molar-refractivity contribution in [2.45, 2.75) is 13.1 Å². The van der Waals surface area contributed by atoms with Gasteiger partial charge < -0.3 is 10.6 Å². The Hall–Kier alpha value is -1.83. The Morgan fingerprint density at radius 3 is 2.43 bits per heavy atom. The van der Waals surface area contributed by atoms with E-state index in [4.69, 9.17) is 0 Å². The van der Waals surface area contributed by atoms with Crippen LogP contribution >= 0.6 is 15.9 Å². The summed E-state index contributed by atoms with van der Waals surface area (Å²) < 4.78 is 39.3. The lowest BCUT2D eigenvalue weighted by atomic mass is 10.2. The molecule has 2 N–H and O–H groups in total. The number of hydrogen-bond donors (Lipinski definition) is 2. The van der Waals surface area contributed by atoms with Gasteiger partial charge in [0, 0.05) is 23.3 Å². The SMILES string of the molecule is CNc1nc(Nc2ccc(Br)cc2C)cc(C(F)(F)F)n1. The predicted molar refractivity (Wildman–Crippen MR) is 78.7 cm³/mol. The fourth-order valence-corrected chi connectivity index (χ4v) is 2.15. The molecule has 0 amide bonds. The number of hydrogen-bond acceptors (Lipinski definition) is 4. The smallest absolute Gasteiger partial charge is 0.357 e. The zero-order chi connectivity index (χ0) is 15.6. The molecule has 0 saturated carbocycles. The third kappa shape index (κ3) is 3.84. The van der Waals surface area contributed by atoms with Crippen molar-refractivity contribution in [3.63, 3.8) is 0 Å². The number of benzene rings is 1. The summed E-state index contributed by atoms with van der Waals surface area (Å²) in [6.07, 6.45) is -4.53. The Morgan fingerprint density at radius 1 is 1.14 bits per heavy atom. The van der Waals surface area contributed by atoms with Crippen LogP contribution in [0, 0.1) is 6.92 Å². The molecule has 0 aliphatic carbocycles. The lowest BCUT2D eigenvalue weighted by molar-refractivity contribution is -0.141. The maximum Gasteiger partial charge on any atom is 0.433 e. The highest BCUT2D eigenvalue weighted by Crippen LogP contribution is 2.31. The molecule has 2 rings (SSSR count). The molecule has 0 spiro atoms. The predicted octanol–water partition coefficient (Wildman–Crippen LogP) is 4.35. The first-order valence-electron chi connectivity index (χ1n) is 5.97. The molecule has 1 aromatic heterocycles. The highest BCUT2D eigenvalue weighted by Gasteiger charge is 2.33. The second-order valence-electron chi connectivity index (χ2n) is 4.29. The van der Waals surface area contributed by atoms with E-state index in [9.17, 15) is 13.2 Å². The molecule has 2 aromatic rings. The fraction of sp³-hybridized carbons (Fsp3) is 0.231. The first-order chi connectivity index (χ1) is 9.79. The molecule has 0 atom stereocenters. The minimum Gasteiger partial charge on any atom is -0.357 e. The summed E-state index contributed by atoms with van der Waals surface area (Å²) in [6, 6.07) is 6.28. The van der Waals surface area contributed by atoms with E-state index in [2.05, 4.69) is 36.5 Å². The lowest BCUT2D eigenvalue weighted by Crippen LogP contribution is -2.12. The molecule has 1 aromatic carbocycles. The van der Waals surface area contributed by atoms with Gasteiger partial charge in [0.15, 0.2) is 5.69 Å². The minimum absolute atomic E-state index is 0.0760. The van der Waals surface area contributed by atoms with Gasteiger partial charge in [-0.2, -0.15) is 18.2 Å². The van der Waals surface area contributed by atoms with Gasteiger partial charge in [-0.3, -0.25) is 0 Å². The number of anilines is 3. The van der Waals surface area contributed by atoms with Crippen LogP contribution in [0.1, 0.15) is 11.3 Å². The maximum absolute atomic E-state index is 12.8. The van der Waals surface area contributed by atoms with Crippen molar-refractivity contribution >= 4 is 33.4 Å². The lowest BCUT2D eigenvalue weighted by Gasteiger charge is -2.13. The highest BCUT2D eigenvalue weighted by molar-refractivity contribution is 9.10. The van der Waals surface area contributed by atoms with Gasteiger partial charge >= 0.3 is 6.18 Å². The summed E-state index contributed by atoms with van der Waals surface area (Å²) in [5.74, 6) is -0.0193. The van der Waals surface area contributed by atoms with E-state index in [1.165, 1.54) is 7.05 Å². The highest BCUT2D eigenvalue weighted by atomic mass is 79.9. The van der Waals surface area contributed by atoms with E-state index < -0.39 is 11.9 Å². The number of halogens is 4. The number of aromatic nitrogens is 2. The number of alkyl halides is 3. The van der Waals surface area contributed by atoms with E-state index in [1.54, 1.807) is 12.1 Å². The Bertz CT molecular complexity index is 658. The summed E-state index contributed by atoms with van der Waals surface area (Å²) >= 11 is 3.33. The third-order valence-electron chi connectivity index (χ3n) is 2.69. The molecule has 0 bridgehead atoms. The molecule has 0 unspecified atom stereocenters. The van der Waals surface area contributed by atoms with Gasteiger partial charge in [0.25, 0.3) is 0 Å². The first kappa shape index (κ1) is 15.6. The zero-order valence-electron chi connectivity index (χ0n) is 11.2. The van der Waals surface area contributed by atoms with E-state index >= 15 is 0 Å². The van der Waals surface area contributed by atoms with Crippen LogP contribution in [0.3, 0.4) is 0 Å². The Kier molecular flexibility index (Phi) is 4.36. The van der Waals surface area contributed by atoms with Crippen molar-refractivity contribution in [3.05, 3.63) is 40.0 Å². The average Bonchev–Trinajstić information content (AvgIpc) is 2.40. The van der Waals surface area contributed by atoms with Gasteiger partial charge in [-0.25, -0.2) is 4.98 Å². The van der Waals surface area contributed by atoms with Gasteiger partial charge in [-0.1, -0.05) is 15.9 Å². The maximum atomic E-state index is 12.8. The van der Waals surface area contributed by atoms with Crippen molar-refractivity contribution in [1.29, 1.82) is 0 Å². The van der Waals surface area contributed by atoms with Crippen LogP contribution < -0.4 is 10.6 Å². The summed E-state index contributed by atoms with van der Waals surface area (Å²) in [5.41, 5.74) is 0.550. The fourth-order valence-electron chi connectivity index (χ4n) is 1.67. The van der Waals surface area contributed by atoms with Crippen LogP contribution in [0.2, 0.25) is 0 Å². The van der Waals surface area contributed by atoms with Gasteiger partial charge in [0.2, 0.25) is 5.95 Å². The Morgan fingerprint density at radius 2 is 1.86 bits per heavy atom. The van der Waals surface area contributed by atoms with E-state index in [-0.39, 0.29) is 11.8 Å². The Balaban J connectivity index is 2.39. The summed E-state index contributed by atoms with van der Waals surface area (Å²) in [5, 5.41) is 5.39. The topological polar surface area (TPSA) is 49.8 Å². The van der Waals surface area contributed by atoms with Crippen molar-refractivity contribution in [2.24, 2.45) is 0 Å². The van der Waals surface area contributed by atoms with Crippen molar-refractivity contribution < 1.29 is 13.2 Å². The van der Waals surface area contributed by atoms with Crippen molar-refractivity contribution in [2.75, 3.05) is 17.7 Å². The minimum atomic E-state index is -4.53. The molecule has 0 aliphatic rings. The quantitative estimate of drug-likeness (QED) is 0.854. The summed E-state index contributed by atoms with van der Waals surface area (Å²) in [6.45, 7) is 1.85. The van der Waals surface area contributed by atoms with Gasteiger partial charge in [-0.05, 0) is 30.7 Å². The molecule has 8 heteroatoms. The van der Waals surface area contributed by atoms with Crippen molar-refractivity contribution in [1.82, 2.24) is 9.97 Å². The molecular weight excluding hydrogens is 349 g/mol. The molecule has 0 radical (unpaired) electrons. The molecule has 0 aliphatic heterocycles. The second-order valence-corrected chi connectivity index (χ2v) is 5.21. The normalized spacial score (nSPS) is 11.3. The molecule has 112 valence electrons. The Labute approximate surface area is 127 Å². The third-order valence-corrected chi connectivity index (χ3v) is 3.18. The van der Waals surface area contributed by atoms with Crippen molar-refractivity contribution in [3.8, 4) is 0 Å². The van der Waals surface area contributed by atoms with Crippen LogP contribution in [-0.2, 0) is 6.18 Å². The van der Waals surface area contributed by atoms with E-state index in [0.29, 0.717) is 5.69 Å². The summed E-state index contributed by atoms with van der Waals surface area (Å²) in [7, 11) is 1.46. The van der Waals surface area contributed by atoms with Crippen LogP contribution in [0.15, 0.2) is 28.7 Å². The molecule has 1 heterocycles. The molecule has 21 heavy (non-hydrogen) atoms. The van der Waals surface area contributed by atoms with Crippen LogP contribution in [-0.4, -0.2) is 17.0 Å². The molecule has 4 nitrogen and oxygen atoms in total. The number of nitrogens with one attached hydrogen (secondary N) is 2. The largest absolute Gasteiger partial charge is 0.433 e.